The fourth-order valence-corrected chi connectivity index (χ4v) is 1.56. The van der Waals surface area contributed by atoms with Crippen molar-refractivity contribution in [1.29, 1.82) is 0 Å². The van der Waals surface area contributed by atoms with Crippen LogP contribution in [0.4, 0.5) is 0 Å². The summed E-state index contributed by atoms with van der Waals surface area (Å²) in [6, 6.07) is 6.83. The molecule has 1 amide bonds. The number of aliphatic carboxylic acids is 2. The summed E-state index contributed by atoms with van der Waals surface area (Å²) in [5.41, 5.74) is 1.33. The fraction of sp³-hybridized carbons (Fsp3) is 0.308. The summed E-state index contributed by atoms with van der Waals surface area (Å²) in [5, 5.41) is 19.8. The van der Waals surface area contributed by atoms with Crippen molar-refractivity contribution in [2.24, 2.45) is 5.92 Å². The molecule has 0 spiro atoms. The molecule has 1 aromatic rings. The van der Waals surface area contributed by atoms with Crippen LogP contribution in [0.5, 0.6) is 0 Å². The highest BCUT2D eigenvalue weighted by molar-refractivity contribution is 5.94. The van der Waals surface area contributed by atoms with Crippen molar-refractivity contribution in [3.05, 3.63) is 35.4 Å². The Kier molecular flexibility index (Phi) is 5.05. The summed E-state index contributed by atoms with van der Waals surface area (Å²) < 4.78 is 0. The third-order valence-electron chi connectivity index (χ3n) is 2.56. The molecule has 0 fully saturated rings. The molecule has 0 saturated heterocycles. The lowest BCUT2D eigenvalue weighted by atomic mass is 10.1. The Morgan fingerprint density at radius 1 is 1.26 bits per heavy atom. The zero-order chi connectivity index (χ0) is 14.4. The van der Waals surface area contributed by atoms with Crippen molar-refractivity contribution < 1.29 is 24.6 Å². The van der Waals surface area contributed by atoms with Crippen molar-refractivity contribution in [2.75, 3.05) is 6.54 Å². The lowest BCUT2D eigenvalue weighted by Gasteiger charge is -2.11. The molecular weight excluding hydrogens is 250 g/mol. The van der Waals surface area contributed by atoms with Crippen LogP contribution in [0.15, 0.2) is 24.3 Å². The van der Waals surface area contributed by atoms with E-state index in [2.05, 4.69) is 5.32 Å². The lowest BCUT2D eigenvalue weighted by Crippen LogP contribution is -2.34. The average Bonchev–Trinajstić information content (AvgIpc) is 2.33. The molecule has 1 atom stereocenters. The van der Waals surface area contributed by atoms with Crippen LogP contribution in [-0.4, -0.2) is 34.6 Å². The average molecular weight is 265 g/mol. The van der Waals surface area contributed by atoms with E-state index in [0.717, 1.165) is 5.56 Å². The first-order valence-electron chi connectivity index (χ1n) is 5.69. The van der Waals surface area contributed by atoms with Crippen molar-refractivity contribution in [2.45, 2.75) is 13.3 Å². The van der Waals surface area contributed by atoms with Gasteiger partial charge in [0.1, 0.15) is 0 Å². The molecule has 0 radical (unpaired) electrons. The van der Waals surface area contributed by atoms with E-state index in [1.807, 2.05) is 13.0 Å². The normalized spacial score (nSPS) is 11.6. The Morgan fingerprint density at radius 2 is 1.95 bits per heavy atom. The Labute approximate surface area is 110 Å². The molecule has 3 N–H and O–H groups in total. The third kappa shape index (κ3) is 4.79. The molecule has 0 aliphatic rings. The molecule has 0 heterocycles. The summed E-state index contributed by atoms with van der Waals surface area (Å²) >= 11 is 0. The maximum absolute atomic E-state index is 11.8. The Morgan fingerprint density at radius 3 is 2.47 bits per heavy atom. The summed E-state index contributed by atoms with van der Waals surface area (Å²) in [6.07, 6.45) is -0.524. The minimum atomic E-state index is -1.24. The van der Waals surface area contributed by atoms with Crippen molar-refractivity contribution in [3.63, 3.8) is 0 Å². The van der Waals surface area contributed by atoms with Gasteiger partial charge >= 0.3 is 11.9 Å². The second kappa shape index (κ2) is 6.53. The molecule has 6 heteroatoms. The van der Waals surface area contributed by atoms with Gasteiger partial charge in [-0.3, -0.25) is 14.4 Å². The van der Waals surface area contributed by atoms with Gasteiger partial charge in [-0.05, 0) is 19.1 Å². The molecule has 0 bridgehead atoms. The highest BCUT2D eigenvalue weighted by Crippen LogP contribution is 2.06. The Bertz CT molecular complexity index is 498. The van der Waals surface area contributed by atoms with E-state index < -0.39 is 30.2 Å². The molecule has 1 unspecified atom stereocenters. The highest BCUT2D eigenvalue weighted by atomic mass is 16.4. The van der Waals surface area contributed by atoms with E-state index in [9.17, 15) is 14.4 Å². The van der Waals surface area contributed by atoms with Gasteiger partial charge in [0.15, 0.2) is 0 Å². The van der Waals surface area contributed by atoms with Gasteiger partial charge in [-0.25, -0.2) is 0 Å². The molecule has 0 aliphatic heterocycles. The largest absolute Gasteiger partial charge is 0.481 e. The van der Waals surface area contributed by atoms with Gasteiger partial charge in [0.05, 0.1) is 12.3 Å². The number of hydrogen-bond acceptors (Lipinski definition) is 3. The van der Waals surface area contributed by atoms with E-state index in [1.54, 1.807) is 18.2 Å². The van der Waals surface area contributed by atoms with Crippen LogP contribution in [0.3, 0.4) is 0 Å². The fourth-order valence-electron chi connectivity index (χ4n) is 1.56. The van der Waals surface area contributed by atoms with Crippen LogP contribution < -0.4 is 5.32 Å². The summed E-state index contributed by atoms with van der Waals surface area (Å²) in [7, 11) is 0. The molecule has 0 saturated carbocycles. The number of amides is 1. The molecule has 102 valence electrons. The number of carbonyl (C=O) groups excluding carboxylic acids is 1. The highest BCUT2D eigenvalue weighted by Gasteiger charge is 2.21. The van der Waals surface area contributed by atoms with Crippen LogP contribution in [0.1, 0.15) is 22.3 Å². The summed E-state index contributed by atoms with van der Waals surface area (Å²) in [4.78, 5) is 33.1. The molecular formula is C13H15NO5. The van der Waals surface area contributed by atoms with Gasteiger partial charge in [0.2, 0.25) is 0 Å². The number of carboxylic acid groups (broad SMARTS) is 2. The van der Waals surface area contributed by atoms with Crippen LogP contribution in [-0.2, 0) is 9.59 Å². The van der Waals surface area contributed by atoms with E-state index in [0.29, 0.717) is 5.56 Å². The molecule has 1 rings (SSSR count). The minimum absolute atomic E-state index is 0.214. The number of carbonyl (C=O) groups is 3. The first kappa shape index (κ1) is 14.7. The molecule has 6 nitrogen and oxygen atoms in total. The number of hydrogen-bond donors (Lipinski definition) is 3. The van der Waals surface area contributed by atoms with Gasteiger partial charge in [0.25, 0.3) is 5.91 Å². The summed E-state index contributed by atoms with van der Waals surface area (Å²) in [5.74, 6) is -4.00. The molecule has 0 aliphatic carbocycles. The number of aryl methyl sites for hydroxylation is 1. The van der Waals surface area contributed by atoms with Gasteiger partial charge in [-0.2, -0.15) is 0 Å². The zero-order valence-electron chi connectivity index (χ0n) is 10.4. The monoisotopic (exact) mass is 265 g/mol. The number of benzene rings is 1. The van der Waals surface area contributed by atoms with E-state index >= 15 is 0 Å². The second-order valence-electron chi connectivity index (χ2n) is 4.21. The van der Waals surface area contributed by atoms with Gasteiger partial charge in [-0.1, -0.05) is 17.7 Å². The van der Waals surface area contributed by atoms with E-state index in [4.69, 9.17) is 10.2 Å². The van der Waals surface area contributed by atoms with Gasteiger partial charge in [-0.15, -0.1) is 0 Å². The first-order valence-corrected chi connectivity index (χ1v) is 5.69. The Hall–Kier alpha value is -2.37. The number of rotatable bonds is 6. The van der Waals surface area contributed by atoms with Crippen LogP contribution in [0.2, 0.25) is 0 Å². The maximum atomic E-state index is 11.8. The predicted octanol–water partition coefficient (Wildman–Crippen LogP) is 0.900. The Balaban J connectivity index is 2.61. The minimum Gasteiger partial charge on any atom is -0.481 e. The first-order chi connectivity index (χ1) is 8.90. The third-order valence-corrected chi connectivity index (χ3v) is 2.56. The van der Waals surface area contributed by atoms with Gasteiger partial charge in [0, 0.05) is 12.1 Å². The number of carboxylic acids is 2. The summed E-state index contributed by atoms with van der Waals surface area (Å²) in [6.45, 7) is 1.62. The molecule has 1 aromatic carbocycles. The van der Waals surface area contributed by atoms with E-state index in [1.165, 1.54) is 0 Å². The zero-order valence-corrected chi connectivity index (χ0v) is 10.4. The molecule has 19 heavy (non-hydrogen) atoms. The van der Waals surface area contributed by atoms with Gasteiger partial charge < -0.3 is 15.5 Å². The van der Waals surface area contributed by atoms with E-state index in [-0.39, 0.29) is 6.54 Å². The standard InChI is InChI=1S/C13H15NO5/c1-8-3-2-4-9(5-8)12(17)14-7-10(13(18)19)6-11(15)16/h2-5,10H,6-7H2,1H3,(H,14,17)(H,15,16)(H,18,19). The van der Waals surface area contributed by atoms with Crippen molar-refractivity contribution in [3.8, 4) is 0 Å². The number of nitrogens with one attached hydrogen (secondary N) is 1. The smallest absolute Gasteiger partial charge is 0.308 e. The van der Waals surface area contributed by atoms with Crippen LogP contribution in [0.25, 0.3) is 0 Å². The SMILES string of the molecule is Cc1cccc(C(=O)NCC(CC(=O)O)C(=O)O)c1. The predicted molar refractivity (Wildman–Crippen MR) is 66.9 cm³/mol. The van der Waals surface area contributed by atoms with Crippen LogP contribution >= 0.6 is 0 Å². The van der Waals surface area contributed by atoms with Crippen LogP contribution in [0, 0.1) is 12.8 Å². The lowest BCUT2D eigenvalue weighted by molar-refractivity contribution is -0.148. The molecule has 0 aromatic heterocycles. The topological polar surface area (TPSA) is 104 Å². The quantitative estimate of drug-likeness (QED) is 0.709. The maximum Gasteiger partial charge on any atom is 0.308 e. The van der Waals surface area contributed by atoms with Crippen molar-refractivity contribution in [1.82, 2.24) is 5.32 Å². The van der Waals surface area contributed by atoms with Crippen molar-refractivity contribution >= 4 is 17.8 Å². The second-order valence-corrected chi connectivity index (χ2v) is 4.21.